The van der Waals surface area contributed by atoms with E-state index in [0.717, 1.165) is 29.7 Å². The summed E-state index contributed by atoms with van der Waals surface area (Å²) in [4.78, 5) is 14.8. The fourth-order valence-corrected chi connectivity index (χ4v) is 5.60. The summed E-state index contributed by atoms with van der Waals surface area (Å²) in [7, 11) is -3.65. The Balaban J connectivity index is 1.61. The van der Waals surface area contributed by atoms with Gasteiger partial charge in [0, 0.05) is 31.9 Å². The van der Waals surface area contributed by atoms with Gasteiger partial charge in [-0.1, -0.05) is 37.2 Å². The molecule has 3 rings (SSSR count). The summed E-state index contributed by atoms with van der Waals surface area (Å²) in [6, 6.07) is 6.09. The Labute approximate surface area is 178 Å². The highest BCUT2D eigenvalue weighted by Crippen LogP contribution is 2.25. The molecule has 0 atom stereocenters. The molecule has 0 spiro atoms. The van der Waals surface area contributed by atoms with Gasteiger partial charge in [0.25, 0.3) is 0 Å². The molecular formula is C21H30N4O4S. The van der Waals surface area contributed by atoms with Gasteiger partial charge in [0.15, 0.2) is 5.76 Å². The summed E-state index contributed by atoms with van der Waals surface area (Å²) in [5.74, 6) is 0.225. The van der Waals surface area contributed by atoms with Crippen molar-refractivity contribution in [2.75, 3.05) is 38.0 Å². The molecule has 164 valence electrons. The third-order valence-electron chi connectivity index (χ3n) is 5.53. The summed E-state index contributed by atoms with van der Waals surface area (Å²) in [5, 5.41) is 6.83. The lowest BCUT2D eigenvalue weighted by Gasteiger charge is -2.33. The van der Waals surface area contributed by atoms with Crippen molar-refractivity contribution in [3.05, 3.63) is 40.8 Å². The maximum atomic E-state index is 12.9. The lowest BCUT2D eigenvalue weighted by molar-refractivity contribution is -0.117. The maximum absolute atomic E-state index is 12.9. The number of nitrogens with zero attached hydrogens (tertiary/aromatic N) is 3. The van der Waals surface area contributed by atoms with Crippen LogP contribution in [0.25, 0.3) is 0 Å². The second kappa shape index (κ2) is 9.28. The molecule has 9 heteroatoms. The highest BCUT2D eigenvalue weighted by atomic mass is 32.2. The number of sulfonamides is 1. The Morgan fingerprint density at radius 2 is 1.70 bits per heavy atom. The summed E-state index contributed by atoms with van der Waals surface area (Å²) in [6.07, 6.45) is 1.70. The molecule has 0 saturated carbocycles. The minimum absolute atomic E-state index is 0.0763. The monoisotopic (exact) mass is 434 g/mol. The molecular weight excluding hydrogens is 404 g/mol. The summed E-state index contributed by atoms with van der Waals surface area (Å²) < 4.78 is 32.3. The van der Waals surface area contributed by atoms with Crippen LogP contribution in [0.5, 0.6) is 0 Å². The molecule has 1 aliphatic heterocycles. The number of amides is 1. The molecule has 1 aromatic carbocycles. The van der Waals surface area contributed by atoms with E-state index in [4.69, 9.17) is 4.52 Å². The number of benzene rings is 1. The predicted molar refractivity (Wildman–Crippen MR) is 115 cm³/mol. The zero-order valence-electron chi connectivity index (χ0n) is 18.1. The number of carbonyl (C=O) groups excluding carboxylic acids is 1. The van der Waals surface area contributed by atoms with Crippen LogP contribution in [-0.2, 0) is 27.7 Å². The van der Waals surface area contributed by atoms with E-state index in [1.54, 1.807) is 13.8 Å². The summed E-state index contributed by atoms with van der Waals surface area (Å²) in [5.41, 5.74) is 3.53. The fraction of sp³-hybridized carbons (Fsp3) is 0.524. The first-order chi connectivity index (χ1) is 14.3. The standard InChI is InChI=1S/C21H30N4O4S/c1-5-17-8-7-9-18(6-2)20(17)22-19(26)14-24-10-12-25(13-11-24)30(27,28)21-15(3)23-29-16(21)4/h7-9H,5-6,10-14H2,1-4H3,(H,22,26). The molecule has 1 aromatic heterocycles. The van der Waals surface area contributed by atoms with Gasteiger partial charge in [-0.2, -0.15) is 4.31 Å². The van der Waals surface area contributed by atoms with Gasteiger partial charge in [-0.25, -0.2) is 8.42 Å². The second-order valence-electron chi connectivity index (χ2n) is 7.54. The molecule has 0 aliphatic carbocycles. The normalized spacial score (nSPS) is 16.0. The molecule has 0 bridgehead atoms. The number of aryl methyl sites for hydroxylation is 4. The van der Waals surface area contributed by atoms with Crippen LogP contribution in [0.2, 0.25) is 0 Å². The van der Waals surface area contributed by atoms with Crippen molar-refractivity contribution in [3.63, 3.8) is 0 Å². The summed E-state index contributed by atoms with van der Waals surface area (Å²) in [6.45, 7) is 9.25. The Kier molecular flexibility index (Phi) is 6.95. The van der Waals surface area contributed by atoms with Crippen LogP contribution in [0.3, 0.4) is 0 Å². The van der Waals surface area contributed by atoms with Crippen LogP contribution in [0.4, 0.5) is 5.69 Å². The minimum Gasteiger partial charge on any atom is -0.360 e. The third-order valence-corrected chi connectivity index (χ3v) is 7.67. The van der Waals surface area contributed by atoms with Crippen molar-refractivity contribution in [1.82, 2.24) is 14.4 Å². The topological polar surface area (TPSA) is 95.8 Å². The van der Waals surface area contributed by atoms with Gasteiger partial charge < -0.3 is 9.84 Å². The average Bonchev–Trinajstić information content (AvgIpc) is 3.07. The van der Waals surface area contributed by atoms with Crippen LogP contribution in [0.15, 0.2) is 27.6 Å². The van der Waals surface area contributed by atoms with E-state index in [-0.39, 0.29) is 17.3 Å². The van der Waals surface area contributed by atoms with Gasteiger partial charge >= 0.3 is 0 Å². The molecule has 1 N–H and O–H groups in total. The van der Waals surface area contributed by atoms with E-state index in [1.807, 2.05) is 23.1 Å². The van der Waals surface area contributed by atoms with Crippen LogP contribution in [0.1, 0.15) is 36.4 Å². The quantitative estimate of drug-likeness (QED) is 0.719. The van der Waals surface area contributed by atoms with Gasteiger partial charge in [0.1, 0.15) is 10.6 Å². The molecule has 1 amide bonds. The number of anilines is 1. The number of hydrogen-bond donors (Lipinski definition) is 1. The van der Waals surface area contributed by atoms with Crippen molar-refractivity contribution >= 4 is 21.6 Å². The molecule has 30 heavy (non-hydrogen) atoms. The average molecular weight is 435 g/mol. The molecule has 8 nitrogen and oxygen atoms in total. The first kappa shape index (κ1) is 22.5. The number of nitrogens with one attached hydrogen (secondary N) is 1. The minimum atomic E-state index is -3.65. The Hall–Kier alpha value is -2.23. The van der Waals surface area contributed by atoms with Crippen LogP contribution >= 0.6 is 0 Å². The van der Waals surface area contributed by atoms with Crippen molar-refractivity contribution in [2.45, 2.75) is 45.4 Å². The van der Waals surface area contributed by atoms with Gasteiger partial charge in [-0.05, 0) is 37.8 Å². The molecule has 1 fully saturated rings. The van der Waals surface area contributed by atoms with E-state index in [1.165, 1.54) is 4.31 Å². The predicted octanol–water partition coefficient (Wildman–Crippen LogP) is 2.36. The van der Waals surface area contributed by atoms with Gasteiger partial charge in [0.05, 0.1) is 6.54 Å². The third kappa shape index (κ3) is 4.58. The van der Waals surface area contributed by atoms with Crippen LogP contribution in [0, 0.1) is 13.8 Å². The van der Waals surface area contributed by atoms with Crippen molar-refractivity contribution in [2.24, 2.45) is 0 Å². The van der Waals surface area contributed by atoms with Crippen molar-refractivity contribution in [1.29, 1.82) is 0 Å². The molecule has 0 radical (unpaired) electrons. The second-order valence-corrected chi connectivity index (χ2v) is 9.41. The van der Waals surface area contributed by atoms with E-state index in [0.29, 0.717) is 37.6 Å². The number of piperazine rings is 1. The maximum Gasteiger partial charge on any atom is 0.248 e. The number of carbonyl (C=O) groups is 1. The van der Waals surface area contributed by atoms with E-state index < -0.39 is 10.0 Å². The molecule has 2 aromatic rings. The zero-order chi connectivity index (χ0) is 21.9. The lowest BCUT2D eigenvalue weighted by atomic mass is 10.0. The van der Waals surface area contributed by atoms with E-state index in [9.17, 15) is 13.2 Å². The van der Waals surface area contributed by atoms with Crippen molar-refractivity contribution in [3.8, 4) is 0 Å². The van der Waals surface area contributed by atoms with E-state index >= 15 is 0 Å². The largest absolute Gasteiger partial charge is 0.360 e. The number of aromatic nitrogens is 1. The Morgan fingerprint density at radius 1 is 1.10 bits per heavy atom. The Bertz CT molecular complexity index is 966. The van der Waals surface area contributed by atoms with Crippen LogP contribution < -0.4 is 5.32 Å². The molecule has 2 heterocycles. The number of rotatable bonds is 7. The molecule has 1 aliphatic rings. The zero-order valence-corrected chi connectivity index (χ0v) is 18.9. The summed E-state index contributed by atoms with van der Waals surface area (Å²) >= 11 is 0. The number of hydrogen-bond acceptors (Lipinski definition) is 6. The highest BCUT2D eigenvalue weighted by Gasteiger charge is 2.33. The van der Waals surface area contributed by atoms with Gasteiger partial charge in [-0.3, -0.25) is 9.69 Å². The lowest BCUT2D eigenvalue weighted by Crippen LogP contribution is -2.50. The van der Waals surface area contributed by atoms with E-state index in [2.05, 4.69) is 24.3 Å². The SMILES string of the molecule is CCc1cccc(CC)c1NC(=O)CN1CCN(S(=O)(=O)c2c(C)noc2C)CC1. The van der Waals surface area contributed by atoms with Gasteiger partial charge in [-0.15, -0.1) is 0 Å². The first-order valence-corrected chi connectivity index (χ1v) is 11.8. The Morgan fingerprint density at radius 3 is 2.20 bits per heavy atom. The van der Waals surface area contributed by atoms with Gasteiger partial charge in [0.2, 0.25) is 15.9 Å². The highest BCUT2D eigenvalue weighted by molar-refractivity contribution is 7.89. The first-order valence-electron chi connectivity index (χ1n) is 10.3. The molecule has 0 unspecified atom stereocenters. The smallest absolute Gasteiger partial charge is 0.248 e. The van der Waals surface area contributed by atoms with Crippen LogP contribution in [-0.4, -0.2) is 61.4 Å². The fourth-order valence-electron chi connectivity index (χ4n) is 3.89. The number of para-hydroxylation sites is 1. The molecule has 1 saturated heterocycles. The van der Waals surface area contributed by atoms with Crippen molar-refractivity contribution < 1.29 is 17.7 Å².